The monoisotopic (exact) mass is 380 g/mol. The van der Waals surface area contributed by atoms with Crippen LogP contribution in [0.5, 0.6) is 0 Å². The first-order chi connectivity index (χ1) is 13.6. The molecule has 5 nitrogen and oxygen atoms in total. The van der Waals surface area contributed by atoms with E-state index in [1.54, 1.807) is 0 Å². The van der Waals surface area contributed by atoms with Crippen LogP contribution in [0.3, 0.4) is 0 Å². The van der Waals surface area contributed by atoms with Gasteiger partial charge in [-0.2, -0.15) is 4.98 Å². The molecule has 1 heterocycles. The summed E-state index contributed by atoms with van der Waals surface area (Å²) in [7, 11) is 4.36. The van der Waals surface area contributed by atoms with E-state index in [1.165, 1.54) is 37.7 Å². The average molecular weight is 381 g/mol. The Hall–Kier alpha value is -1.72. The third kappa shape index (κ3) is 3.62. The summed E-state index contributed by atoms with van der Waals surface area (Å²) in [5.41, 5.74) is 1.58. The first kappa shape index (κ1) is 18.3. The third-order valence-corrected chi connectivity index (χ3v) is 7.27. The van der Waals surface area contributed by atoms with Crippen molar-refractivity contribution in [3.8, 4) is 0 Å². The molecule has 28 heavy (non-hydrogen) atoms. The minimum Gasteiger partial charge on any atom is -0.339 e. The Morgan fingerprint density at radius 2 is 1.86 bits per heavy atom. The van der Waals surface area contributed by atoms with Crippen LogP contribution in [0, 0.1) is 0 Å². The molecule has 3 saturated carbocycles. The predicted octanol–water partition coefficient (Wildman–Crippen LogP) is 3.83. The smallest absolute Gasteiger partial charge is 0.229 e. The lowest BCUT2D eigenvalue weighted by molar-refractivity contribution is 0.201. The zero-order chi connectivity index (χ0) is 19.1. The van der Waals surface area contributed by atoms with Crippen molar-refractivity contribution in [2.24, 2.45) is 0 Å². The zero-order valence-corrected chi connectivity index (χ0v) is 17.1. The van der Waals surface area contributed by atoms with Gasteiger partial charge in [-0.3, -0.25) is 0 Å². The van der Waals surface area contributed by atoms with Crippen molar-refractivity contribution < 1.29 is 4.52 Å². The van der Waals surface area contributed by atoms with Crippen molar-refractivity contribution in [1.29, 1.82) is 0 Å². The molecule has 150 valence electrons. The highest BCUT2D eigenvalue weighted by molar-refractivity contribution is 5.28. The second kappa shape index (κ2) is 7.27. The molecule has 1 aromatic heterocycles. The Balaban J connectivity index is 1.16. The van der Waals surface area contributed by atoms with Gasteiger partial charge >= 0.3 is 0 Å². The van der Waals surface area contributed by atoms with E-state index in [4.69, 9.17) is 9.51 Å². The maximum Gasteiger partial charge on any atom is 0.229 e. The Morgan fingerprint density at radius 1 is 1.11 bits per heavy atom. The van der Waals surface area contributed by atoms with Gasteiger partial charge in [0.2, 0.25) is 5.89 Å². The fraction of sp³-hybridized carbons (Fsp3) is 0.652. The number of nitrogens with zero attached hydrogens (tertiary/aromatic N) is 3. The van der Waals surface area contributed by atoms with Crippen molar-refractivity contribution in [3.63, 3.8) is 0 Å². The quantitative estimate of drug-likeness (QED) is 0.791. The van der Waals surface area contributed by atoms with Crippen LogP contribution in [0.2, 0.25) is 0 Å². The maximum absolute atomic E-state index is 5.74. The molecule has 0 spiro atoms. The van der Waals surface area contributed by atoms with Crippen molar-refractivity contribution in [2.75, 3.05) is 20.6 Å². The van der Waals surface area contributed by atoms with Crippen LogP contribution in [0.4, 0.5) is 0 Å². The molecule has 1 N–H and O–H groups in total. The van der Waals surface area contributed by atoms with Gasteiger partial charge in [-0.15, -0.1) is 0 Å². The lowest BCUT2D eigenvalue weighted by Gasteiger charge is -2.31. The van der Waals surface area contributed by atoms with Gasteiger partial charge < -0.3 is 14.7 Å². The summed E-state index contributed by atoms with van der Waals surface area (Å²) in [6.45, 7) is 0.980. The summed E-state index contributed by atoms with van der Waals surface area (Å²) >= 11 is 0. The van der Waals surface area contributed by atoms with E-state index in [0.717, 1.165) is 31.1 Å². The molecule has 5 heteroatoms. The summed E-state index contributed by atoms with van der Waals surface area (Å²) in [4.78, 5) is 7.23. The summed E-state index contributed by atoms with van der Waals surface area (Å²) in [6.07, 6.45) is 8.37. The molecule has 3 aliphatic rings. The molecule has 2 atom stereocenters. The van der Waals surface area contributed by atoms with Crippen LogP contribution in [0.1, 0.15) is 74.1 Å². The van der Waals surface area contributed by atoms with Gasteiger partial charge in [0.25, 0.3) is 0 Å². The molecule has 3 fully saturated rings. The average Bonchev–Trinajstić information content (AvgIpc) is 3.64. The van der Waals surface area contributed by atoms with Gasteiger partial charge in [-0.05, 0) is 64.6 Å². The Kier molecular flexibility index (Phi) is 4.76. The first-order valence-electron chi connectivity index (χ1n) is 10.9. The molecule has 3 aliphatic carbocycles. The number of hydrogen-bond acceptors (Lipinski definition) is 5. The van der Waals surface area contributed by atoms with E-state index in [1.807, 2.05) is 0 Å². The number of hydrogen-bond donors (Lipinski definition) is 1. The highest BCUT2D eigenvalue weighted by Gasteiger charge is 2.50. The molecule has 0 aliphatic heterocycles. The molecule has 5 rings (SSSR count). The molecular formula is C23H32N4O. The van der Waals surface area contributed by atoms with Gasteiger partial charge in [0, 0.05) is 35.9 Å². The second-order valence-electron chi connectivity index (χ2n) is 9.45. The molecule has 0 amide bonds. The highest BCUT2D eigenvalue weighted by Crippen LogP contribution is 2.48. The first-order valence-corrected chi connectivity index (χ1v) is 10.9. The Labute approximate surface area is 167 Å². The van der Waals surface area contributed by atoms with Crippen molar-refractivity contribution in [2.45, 2.75) is 74.3 Å². The van der Waals surface area contributed by atoms with E-state index < -0.39 is 0 Å². The summed E-state index contributed by atoms with van der Waals surface area (Å²) in [6, 6.07) is 12.2. The standard InChI is InChI=1S/C23H32N4O/c1-27(2)18-10-8-17(9-11-18)21-25-22(26-28-21)23(12-13-23)15-24-20-14-19(20)16-6-4-3-5-7-16/h3-7,17-20,24H,8-15H2,1-2H3/t17-,18-,19?,20-/m1/s1. The summed E-state index contributed by atoms with van der Waals surface area (Å²) < 4.78 is 5.74. The largest absolute Gasteiger partial charge is 0.339 e. The van der Waals surface area contributed by atoms with Gasteiger partial charge in [0.1, 0.15) is 0 Å². The van der Waals surface area contributed by atoms with Gasteiger partial charge in [0.15, 0.2) is 5.82 Å². The summed E-state index contributed by atoms with van der Waals surface area (Å²) in [5, 5.41) is 8.21. The predicted molar refractivity (Wildman–Crippen MR) is 109 cm³/mol. The van der Waals surface area contributed by atoms with Crippen LogP contribution in [-0.4, -0.2) is 47.8 Å². The van der Waals surface area contributed by atoms with Crippen LogP contribution in [0.25, 0.3) is 0 Å². The number of benzene rings is 1. The second-order valence-corrected chi connectivity index (χ2v) is 9.45. The number of nitrogens with one attached hydrogen (secondary N) is 1. The number of aromatic nitrogens is 2. The fourth-order valence-electron chi connectivity index (χ4n) is 4.90. The minimum absolute atomic E-state index is 0.117. The highest BCUT2D eigenvalue weighted by atomic mass is 16.5. The summed E-state index contributed by atoms with van der Waals surface area (Å²) in [5.74, 6) is 2.95. The van der Waals surface area contributed by atoms with E-state index in [2.05, 4.69) is 59.8 Å². The SMILES string of the molecule is CN(C)[C@H]1CC[C@H](c2nc(C3(CN[C@@H]4CC4c4ccccc4)CC3)no2)CC1. The lowest BCUT2D eigenvalue weighted by Crippen LogP contribution is -2.31. The maximum atomic E-state index is 5.74. The molecule has 0 saturated heterocycles. The third-order valence-electron chi connectivity index (χ3n) is 7.27. The van der Waals surface area contributed by atoms with E-state index >= 15 is 0 Å². The molecule has 1 unspecified atom stereocenters. The topological polar surface area (TPSA) is 54.2 Å². The van der Waals surface area contributed by atoms with Gasteiger partial charge in [0.05, 0.1) is 0 Å². The lowest BCUT2D eigenvalue weighted by atomic mass is 9.85. The van der Waals surface area contributed by atoms with E-state index in [9.17, 15) is 0 Å². The van der Waals surface area contributed by atoms with Crippen LogP contribution in [-0.2, 0) is 5.41 Å². The van der Waals surface area contributed by atoms with Gasteiger partial charge in [-0.1, -0.05) is 35.5 Å². The van der Waals surface area contributed by atoms with E-state index in [-0.39, 0.29) is 5.41 Å². The van der Waals surface area contributed by atoms with Crippen LogP contribution >= 0.6 is 0 Å². The Bertz CT molecular complexity index is 790. The van der Waals surface area contributed by atoms with Crippen LogP contribution < -0.4 is 5.32 Å². The molecule has 1 aromatic carbocycles. The molecular weight excluding hydrogens is 348 g/mol. The van der Waals surface area contributed by atoms with Crippen molar-refractivity contribution in [1.82, 2.24) is 20.4 Å². The Morgan fingerprint density at radius 3 is 2.54 bits per heavy atom. The molecule has 0 bridgehead atoms. The van der Waals surface area contributed by atoms with Crippen molar-refractivity contribution in [3.05, 3.63) is 47.6 Å². The normalized spacial score (nSPS) is 31.1. The minimum atomic E-state index is 0.117. The van der Waals surface area contributed by atoms with Crippen LogP contribution in [0.15, 0.2) is 34.9 Å². The van der Waals surface area contributed by atoms with E-state index in [0.29, 0.717) is 23.9 Å². The molecule has 2 aromatic rings. The van der Waals surface area contributed by atoms with Gasteiger partial charge in [-0.25, -0.2) is 0 Å². The fourth-order valence-corrected chi connectivity index (χ4v) is 4.90. The molecule has 0 radical (unpaired) electrons. The zero-order valence-electron chi connectivity index (χ0n) is 17.1. The van der Waals surface area contributed by atoms with Crippen molar-refractivity contribution >= 4 is 0 Å². The number of rotatable bonds is 7.